The largest absolute Gasteiger partial charge is 0.473 e. The maximum Gasteiger partial charge on any atom is 0.233 e. The van der Waals surface area contributed by atoms with Crippen molar-refractivity contribution in [2.45, 2.75) is 31.4 Å². The number of hydrogen-bond acceptors (Lipinski definition) is 6. The van der Waals surface area contributed by atoms with Gasteiger partial charge in [0.1, 0.15) is 6.10 Å². The molecule has 8 heteroatoms. The highest BCUT2D eigenvalue weighted by Crippen LogP contribution is 2.33. The monoisotopic (exact) mass is 387 g/mol. The number of fused-ring (bicyclic) bond motifs is 1. The molecule has 1 unspecified atom stereocenters. The van der Waals surface area contributed by atoms with Gasteiger partial charge in [-0.3, -0.25) is 10.2 Å². The Kier molecular flexibility index (Phi) is 4.53. The van der Waals surface area contributed by atoms with Crippen molar-refractivity contribution >= 4 is 10.9 Å². The number of hydrogen-bond donors (Lipinski definition) is 3. The Hall–Kier alpha value is -3.52. The van der Waals surface area contributed by atoms with Crippen molar-refractivity contribution in [3.63, 3.8) is 0 Å². The average Bonchev–Trinajstić information content (AvgIpc) is 3.40. The van der Waals surface area contributed by atoms with Crippen molar-refractivity contribution in [2.24, 2.45) is 5.73 Å². The normalized spacial score (nSPS) is 19.3. The van der Waals surface area contributed by atoms with Gasteiger partial charge in [0.15, 0.2) is 0 Å². The summed E-state index contributed by atoms with van der Waals surface area (Å²) in [5.74, 6) is 0.520. The summed E-state index contributed by atoms with van der Waals surface area (Å²) in [6.45, 7) is 0. The maximum absolute atomic E-state index is 6.05. The Bertz CT molecular complexity index is 1130. The Morgan fingerprint density at radius 1 is 1.03 bits per heavy atom. The lowest BCUT2D eigenvalue weighted by Gasteiger charge is -2.18. The zero-order valence-electron chi connectivity index (χ0n) is 15.7. The van der Waals surface area contributed by atoms with E-state index in [1.165, 1.54) is 0 Å². The summed E-state index contributed by atoms with van der Waals surface area (Å²) in [6, 6.07) is 7.88. The molecule has 4 N–H and O–H groups in total. The van der Waals surface area contributed by atoms with Crippen LogP contribution in [-0.2, 0) is 0 Å². The lowest BCUT2D eigenvalue weighted by atomic mass is 10.0. The van der Waals surface area contributed by atoms with Gasteiger partial charge in [0.2, 0.25) is 5.88 Å². The van der Waals surface area contributed by atoms with Crippen LogP contribution in [0.5, 0.6) is 5.88 Å². The Balaban J connectivity index is 1.41. The van der Waals surface area contributed by atoms with E-state index in [2.05, 4.69) is 36.7 Å². The second kappa shape index (κ2) is 7.48. The summed E-state index contributed by atoms with van der Waals surface area (Å²) in [4.78, 5) is 0. The highest BCUT2D eigenvalue weighted by Gasteiger charge is 2.17. The van der Waals surface area contributed by atoms with Crippen molar-refractivity contribution in [3.8, 4) is 28.3 Å². The predicted molar refractivity (Wildman–Crippen MR) is 110 cm³/mol. The second-order valence-corrected chi connectivity index (χ2v) is 7.21. The van der Waals surface area contributed by atoms with Crippen LogP contribution in [-0.4, -0.2) is 42.7 Å². The third kappa shape index (κ3) is 3.50. The van der Waals surface area contributed by atoms with Crippen LogP contribution >= 0.6 is 0 Å². The van der Waals surface area contributed by atoms with Crippen molar-refractivity contribution in [1.29, 1.82) is 0 Å². The van der Waals surface area contributed by atoms with Crippen molar-refractivity contribution in [2.75, 3.05) is 0 Å². The topological polar surface area (TPSA) is 118 Å². The number of ether oxygens (including phenoxy) is 1. The van der Waals surface area contributed by atoms with E-state index in [4.69, 9.17) is 10.5 Å². The molecule has 0 fully saturated rings. The van der Waals surface area contributed by atoms with Gasteiger partial charge in [-0.1, -0.05) is 24.3 Å². The molecule has 2 atom stereocenters. The molecule has 1 aromatic carbocycles. The van der Waals surface area contributed by atoms with E-state index < -0.39 is 0 Å². The van der Waals surface area contributed by atoms with Gasteiger partial charge in [-0.2, -0.15) is 10.2 Å². The van der Waals surface area contributed by atoms with Crippen molar-refractivity contribution in [1.82, 2.24) is 30.6 Å². The number of allylic oxidation sites excluding steroid dienone is 1. The molecule has 3 aromatic heterocycles. The number of benzene rings is 1. The Morgan fingerprint density at radius 3 is 2.79 bits per heavy atom. The molecule has 4 aromatic rings. The van der Waals surface area contributed by atoms with Crippen LogP contribution < -0.4 is 10.5 Å². The van der Waals surface area contributed by atoms with Gasteiger partial charge in [0.25, 0.3) is 0 Å². The third-order valence-corrected chi connectivity index (χ3v) is 5.20. The number of aromatic nitrogens is 6. The van der Waals surface area contributed by atoms with Crippen LogP contribution in [0.25, 0.3) is 33.3 Å². The maximum atomic E-state index is 6.05. The lowest BCUT2D eigenvalue weighted by molar-refractivity contribution is 0.171. The van der Waals surface area contributed by atoms with Gasteiger partial charge < -0.3 is 10.5 Å². The van der Waals surface area contributed by atoms with Crippen LogP contribution in [0.1, 0.15) is 19.3 Å². The number of H-pyrrole nitrogens is 2. The highest BCUT2D eigenvalue weighted by atomic mass is 16.5. The molecule has 146 valence electrons. The first-order chi connectivity index (χ1) is 14.3. The molecule has 5 rings (SSSR count). The zero-order chi connectivity index (χ0) is 19.6. The molecule has 0 radical (unpaired) electrons. The van der Waals surface area contributed by atoms with Gasteiger partial charge in [0.05, 0.1) is 23.6 Å². The number of nitrogens with zero attached hydrogens (tertiary/aromatic N) is 4. The second-order valence-electron chi connectivity index (χ2n) is 7.21. The average molecular weight is 387 g/mol. The number of nitrogens with two attached hydrogens (primary N) is 1. The Labute approximate surface area is 167 Å². The lowest BCUT2D eigenvalue weighted by Crippen LogP contribution is -2.26. The molecular weight excluding hydrogens is 366 g/mol. The molecule has 3 heterocycles. The zero-order valence-corrected chi connectivity index (χ0v) is 15.7. The third-order valence-electron chi connectivity index (χ3n) is 5.20. The van der Waals surface area contributed by atoms with E-state index in [-0.39, 0.29) is 12.1 Å². The van der Waals surface area contributed by atoms with Gasteiger partial charge in [-0.15, -0.1) is 10.2 Å². The number of aromatic amines is 2. The van der Waals surface area contributed by atoms with E-state index in [0.29, 0.717) is 5.88 Å². The van der Waals surface area contributed by atoms with E-state index in [0.717, 1.165) is 52.5 Å². The minimum absolute atomic E-state index is 0.0258. The van der Waals surface area contributed by atoms with Crippen molar-refractivity contribution in [3.05, 3.63) is 55.0 Å². The van der Waals surface area contributed by atoms with Gasteiger partial charge in [-0.05, 0) is 18.9 Å². The first-order valence-electron chi connectivity index (χ1n) is 9.66. The fourth-order valence-electron chi connectivity index (χ4n) is 3.76. The van der Waals surface area contributed by atoms with E-state index >= 15 is 0 Å². The van der Waals surface area contributed by atoms with Gasteiger partial charge >= 0.3 is 0 Å². The van der Waals surface area contributed by atoms with Gasteiger partial charge in [0, 0.05) is 46.8 Å². The fourth-order valence-corrected chi connectivity index (χ4v) is 3.76. The van der Waals surface area contributed by atoms with Crippen molar-refractivity contribution < 1.29 is 4.74 Å². The van der Waals surface area contributed by atoms with Crippen LogP contribution in [0.2, 0.25) is 0 Å². The molecular formula is C21H21N7O. The van der Waals surface area contributed by atoms with Crippen LogP contribution in [0.3, 0.4) is 0 Å². The Morgan fingerprint density at radius 2 is 1.97 bits per heavy atom. The molecule has 1 aliphatic rings. The van der Waals surface area contributed by atoms with Crippen LogP contribution in [0.4, 0.5) is 0 Å². The number of rotatable bonds is 4. The summed E-state index contributed by atoms with van der Waals surface area (Å²) < 4.78 is 6.01. The van der Waals surface area contributed by atoms with Crippen LogP contribution in [0, 0.1) is 0 Å². The molecule has 0 saturated heterocycles. The molecule has 0 spiro atoms. The van der Waals surface area contributed by atoms with E-state index in [1.807, 2.05) is 36.5 Å². The summed E-state index contributed by atoms with van der Waals surface area (Å²) in [5.41, 5.74) is 10.7. The molecule has 0 saturated carbocycles. The smallest absolute Gasteiger partial charge is 0.233 e. The standard InChI is InChI=1S/C21H21N7O/c22-14-3-1-2-4-15(9-14)29-20-8-7-19(26-27-20)17-6-5-16(13-10-23-24-11-13)21-18(17)12-25-28-21/h1,3,5-8,10-12,14-15H,2,4,9,22H2,(H,23,24)(H,25,28)/t14?,15-/m0/s1. The first kappa shape index (κ1) is 17.6. The fraction of sp³-hybridized carbons (Fsp3) is 0.238. The molecule has 0 bridgehead atoms. The number of nitrogens with one attached hydrogen (secondary N) is 2. The summed E-state index contributed by atoms with van der Waals surface area (Å²) >= 11 is 0. The SMILES string of the molecule is NC1C=CCC[C@H](Oc2ccc(-c3ccc(-c4cn[nH]c4)c4[nH]ncc34)nn2)C1. The summed E-state index contributed by atoms with van der Waals surface area (Å²) in [5, 5.41) is 23.8. The molecule has 8 nitrogen and oxygen atoms in total. The summed E-state index contributed by atoms with van der Waals surface area (Å²) in [7, 11) is 0. The van der Waals surface area contributed by atoms with Crippen LogP contribution in [0.15, 0.2) is 55.0 Å². The molecule has 29 heavy (non-hydrogen) atoms. The summed E-state index contributed by atoms with van der Waals surface area (Å²) in [6.07, 6.45) is 12.3. The molecule has 0 aliphatic heterocycles. The van der Waals surface area contributed by atoms with Gasteiger partial charge in [-0.25, -0.2) is 0 Å². The quantitative estimate of drug-likeness (QED) is 0.463. The van der Waals surface area contributed by atoms with E-state index in [9.17, 15) is 0 Å². The molecule has 0 amide bonds. The highest BCUT2D eigenvalue weighted by molar-refractivity contribution is 6.01. The van der Waals surface area contributed by atoms with E-state index in [1.54, 1.807) is 12.4 Å². The minimum atomic E-state index is 0.0258. The predicted octanol–water partition coefficient (Wildman–Crippen LogP) is 3.22. The minimum Gasteiger partial charge on any atom is -0.473 e. The first-order valence-corrected chi connectivity index (χ1v) is 9.66. The molecule has 1 aliphatic carbocycles.